The standard InChI is InChI=1S/C11H20BrF3O/c1-2-3-4-5-6-7-8-9-16-11(14,15)10(12)13/h10H,2-9H2,1H3. The van der Waals surface area contributed by atoms with E-state index in [1.54, 1.807) is 0 Å². The van der Waals surface area contributed by atoms with Crippen molar-refractivity contribution < 1.29 is 17.9 Å². The van der Waals surface area contributed by atoms with E-state index in [9.17, 15) is 13.2 Å². The molecule has 0 radical (unpaired) electrons. The predicted octanol–water partition coefficient (Wildman–Crippen LogP) is 5.04. The van der Waals surface area contributed by atoms with Crippen molar-refractivity contribution in [2.75, 3.05) is 6.61 Å². The summed E-state index contributed by atoms with van der Waals surface area (Å²) in [6, 6.07) is 0. The monoisotopic (exact) mass is 304 g/mol. The highest BCUT2D eigenvalue weighted by atomic mass is 79.9. The molecule has 0 saturated carbocycles. The van der Waals surface area contributed by atoms with Crippen molar-refractivity contribution in [2.45, 2.75) is 63.1 Å². The average molecular weight is 305 g/mol. The third-order valence-electron chi connectivity index (χ3n) is 2.30. The van der Waals surface area contributed by atoms with E-state index in [4.69, 9.17) is 0 Å². The Bertz CT molecular complexity index is 165. The van der Waals surface area contributed by atoms with Crippen molar-refractivity contribution in [3.8, 4) is 0 Å². The summed E-state index contributed by atoms with van der Waals surface area (Å²) in [5.74, 6) is 0. The van der Waals surface area contributed by atoms with E-state index in [1.807, 2.05) is 0 Å². The minimum Gasteiger partial charge on any atom is -0.317 e. The second-order valence-electron chi connectivity index (χ2n) is 3.83. The van der Waals surface area contributed by atoms with Crippen molar-refractivity contribution in [1.29, 1.82) is 0 Å². The summed E-state index contributed by atoms with van der Waals surface area (Å²) in [6.07, 6.45) is 3.49. The van der Waals surface area contributed by atoms with Gasteiger partial charge in [-0.2, -0.15) is 8.78 Å². The van der Waals surface area contributed by atoms with Gasteiger partial charge in [-0.1, -0.05) is 45.4 Å². The number of unbranched alkanes of at least 4 members (excludes halogenated alkanes) is 6. The Kier molecular flexibility index (Phi) is 9.41. The second kappa shape index (κ2) is 9.28. The summed E-state index contributed by atoms with van der Waals surface area (Å²) in [7, 11) is 0. The SMILES string of the molecule is CCCCCCCCCOC(F)(F)C(F)Br. The van der Waals surface area contributed by atoms with Crippen LogP contribution < -0.4 is 0 Å². The van der Waals surface area contributed by atoms with Crippen molar-refractivity contribution >= 4 is 15.9 Å². The summed E-state index contributed by atoms with van der Waals surface area (Å²) >= 11 is 2.17. The van der Waals surface area contributed by atoms with Gasteiger partial charge in [-0.3, -0.25) is 0 Å². The molecule has 0 saturated heterocycles. The Morgan fingerprint density at radius 3 is 2.06 bits per heavy atom. The maximum atomic E-state index is 12.6. The fraction of sp³-hybridized carbons (Fsp3) is 1.00. The molecular formula is C11H20BrF3O. The average Bonchev–Trinajstić information content (AvgIpc) is 2.21. The molecule has 0 bridgehead atoms. The quantitative estimate of drug-likeness (QED) is 0.406. The zero-order valence-electron chi connectivity index (χ0n) is 9.65. The van der Waals surface area contributed by atoms with Crippen LogP contribution >= 0.6 is 15.9 Å². The summed E-state index contributed by atoms with van der Waals surface area (Å²) < 4.78 is 41.6. The number of rotatable bonds is 10. The summed E-state index contributed by atoms with van der Waals surface area (Å²) in [6.45, 7) is 2.05. The number of halogens is 4. The van der Waals surface area contributed by atoms with Crippen molar-refractivity contribution in [3.63, 3.8) is 0 Å². The molecule has 0 aromatic rings. The first-order valence-electron chi connectivity index (χ1n) is 5.80. The molecular weight excluding hydrogens is 285 g/mol. The molecule has 98 valence electrons. The van der Waals surface area contributed by atoms with Gasteiger partial charge in [-0.05, 0) is 22.4 Å². The van der Waals surface area contributed by atoms with Crippen LogP contribution in [0.4, 0.5) is 13.2 Å². The maximum absolute atomic E-state index is 12.6. The molecule has 0 aliphatic heterocycles. The Labute approximate surface area is 104 Å². The molecule has 1 atom stereocenters. The van der Waals surface area contributed by atoms with Gasteiger partial charge < -0.3 is 4.74 Å². The van der Waals surface area contributed by atoms with E-state index < -0.39 is 11.2 Å². The van der Waals surface area contributed by atoms with Gasteiger partial charge in [0.2, 0.25) is 5.08 Å². The Balaban J connectivity index is 3.27. The highest BCUT2D eigenvalue weighted by Gasteiger charge is 2.39. The summed E-state index contributed by atoms with van der Waals surface area (Å²) in [4.78, 5) is 0. The third-order valence-corrected chi connectivity index (χ3v) is 2.83. The van der Waals surface area contributed by atoms with E-state index in [1.165, 1.54) is 19.3 Å². The highest BCUT2D eigenvalue weighted by molar-refractivity contribution is 9.09. The zero-order chi connectivity index (χ0) is 12.4. The maximum Gasteiger partial charge on any atom is 0.396 e. The molecule has 0 fully saturated rings. The van der Waals surface area contributed by atoms with Gasteiger partial charge in [0.25, 0.3) is 0 Å². The third kappa shape index (κ3) is 8.39. The number of hydrogen-bond donors (Lipinski definition) is 0. The van der Waals surface area contributed by atoms with E-state index in [-0.39, 0.29) is 6.61 Å². The number of alkyl halides is 4. The van der Waals surface area contributed by atoms with Gasteiger partial charge in [0.1, 0.15) is 0 Å². The molecule has 0 heterocycles. The molecule has 0 spiro atoms. The van der Waals surface area contributed by atoms with E-state index in [2.05, 4.69) is 27.6 Å². The van der Waals surface area contributed by atoms with Crippen LogP contribution in [-0.2, 0) is 4.74 Å². The Morgan fingerprint density at radius 1 is 1.06 bits per heavy atom. The summed E-state index contributed by atoms with van der Waals surface area (Å²) in [5, 5.41) is -2.43. The van der Waals surface area contributed by atoms with Crippen LogP contribution in [0.3, 0.4) is 0 Å². The van der Waals surface area contributed by atoms with Crippen LogP contribution in [-0.4, -0.2) is 17.8 Å². The molecule has 0 aliphatic carbocycles. The van der Waals surface area contributed by atoms with Gasteiger partial charge in [0.15, 0.2) is 0 Å². The van der Waals surface area contributed by atoms with E-state index in [0.717, 1.165) is 19.3 Å². The molecule has 0 rings (SSSR count). The molecule has 0 aliphatic rings. The van der Waals surface area contributed by atoms with E-state index >= 15 is 0 Å². The number of ether oxygens (including phenoxy) is 1. The van der Waals surface area contributed by atoms with Crippen LogP contribution in [0.25, 0.3) is 0 Å². The van der Waals surface area contributed by atoms with Crippen molar-refractivity contribution in [3.05, 3.63) is 0 Å². The van der Waals surface area contributed by atoms with Crippen LogP contribution in [0, 0.1) is 0 Å². The Hall–Kier alpha value is 0.230. The molecule has 0 aromatic carbocycles. The number of hydrogen-bond acceptors (Lipinski definition) is 1. The lowest BCUT2D eigenvalue weighted by molar-refractivity contribution is -0.253. The Morgan fingerprint density at radius 2 is 1.56 bits per heavy atom. The zero-order valence-corrected chi connectivity index (χ0v) is 11.2. The smallest absolute Gasteiger partial charge is 0.317 e. The molecule has 5 heteroatoms. The first-order chi connectivity index (χ1) is 7.50. The molecule has 0 amide bonds. The first kappa shape index (κ1) is 16.2. The first-order valence-corrected chi connectivity index (χ1v) is 6.72. The van der Waals surface area contributed by atoms with Crippen LogP contribution in [0.2, 0.25) is 0 Å². The fourth-order valence-corrected chi connectivity index (χ4v) is 1.46. The normalized spacial score (nSPS) is 14.1. The lowest BCUT2D eigenvalue weighted by Crippen LogP contribution is -2.29. The van der Waals surface area contributed by atoms with Crippen molar-refractivity contribution in [2.24, 2.45) is 0 Å². The minimum absolute atomic E-state index is 0.0905. The molecule has 1 nitrogen and oxygen atoms in total. The molecule has 1 unspecified atom stereocenters. The minimum atomic E-state index is -3.71. The van der Waals surface area contributed by atoms with Gasteiger partial charge >= 0.3 is 6.11 Å². The van der Waals surface area contributed by atoms with Gasteiger partial charge in [-0.25, -0.2) is 4.39 Å². The fourth-order valence-electron chi connectivity index (χ4n) is 1.33. The summed E-state index contributed by atoms with van der Waals surface area (Å²) in [5.41, 5.74) is 0. The van der Waals surface area contributed by atoms with Crippen LogP contribution in [0.1, 0.15) is 51.9 Å². The van der Waals surface area contributed by atoms with Crippen molar-refractivity contribution in [1.82, 2.24) is 0 Å². The predicted molar refractivity (Wildman–Crippen MR) is 62.7 cm³/mol. The molecule has 0 N–H and O–H groups in total. The van der Waals surface area contributed by atoms with Gasteiger partial charge in [0, 0.05) is 0 Å². The second-order valence-corrected chi connectivity index (χ2v) is 4.64. The lowest BCUT2D eigenvalue weighted by Gasteiger charge is -2.16. The van der Waals surface area contributed by atoms with Gasteiger partial charge in [-0.15, -0.1) is 0 Å². The largest absolute Gasteiger partial charge is 0.396 e. The molecule has 0 aromatic heterocycles. The van der Waals surface area contributed by atoms with Crippen LogP contribution in [0.15, 0.2) is 0 Å². The topological polar surface area (TPSA) is 9.23 Å². The van der Waals surface area contributed by atoms with E-state index in [0.29, 0.717) is 6.42 Å². The molecule has 16 heavy (non-hydrogen) atoms. The van der Waals surface area contributed by atoms with Gasteiger partial charge in [0.05, 0.1) is 6.61 Å². The van der Waals surface area contributed by atoms with Crippen LogP contribution in [0.5, 0.6) is 0 Å². The lowest BCUT2D eigenvalue weighted by atomic mass is 10.1. The highest BCUT2D eigenvalue weighted by Crippen LogP contribution is 2.27.